The van der Waals surface area contributed by atoms with Crippen molar-refractivity contribution in [3.05, 3.63) is 41.4 Å². The van der Waals surface area contributed by atoms with Crippen molar-refractivity contribution in [2.24, 2.45) is 5.92 Å². The summed E-state index contributed by atoms with van der Waals surface area (Å²) in [6.07, 6.45) is 4.13. The highest BCUT2D eigenvalue weighted by Gasteiger charge is 2.58. The molecule has 23 heavy (non-hydrogen) atoms. The molecule has 2 atom stereocenters. The second kappa shape index (κ2) is 5.76. The van der Waals surface area contributed by atoms with Gasteiger partial charge in [0.1, 0.15) is 29.6 Å². The second-order valence-corrected chi connectivity index (χ2v) is 6.38. The fourth-order valence-electron chi connectivity index (χ4n) is 2.96. The largest absolute Gasteiger partial charge is 0.506 e. The third-order valence-electron chi connectivity index (χ3n) is 4.49. The van der Waals surface area contributed by atoms with Crippen molar-refractivity contribution in [1.82, 2.24) is 14.8 Å². The number of hydrogen-bond donors (Lipinski definition) is 4. The Morgan fingerprint density at radius 2 is 2.04 bits per heavy atom. The van der Waals surface area contributed by atoms with Gasteiger partial charge >= 0.3 is 0 Å². The number of aromatic nitrogens is 3. The first-order valence-electron chi connectivity index (χ1n) is 7.28. The van der Waals surface area contributed by atoms with Crippen LogP contribution in [0.2, 0.25) is 5.02 Å². The molecule has 0 spiro atoms. The molecule has 8 heteroatoms. The highest BCUT2D eigenvalue weighted by molar-refractivity contribution is 6.32. The fourth-order valence-corrected chi connectivity index (χ4v) is 3.07. The Morgan fingerprint density at radius 1 is 1.30 bits per heavy atom. The van der Waals surface area contributed by atoms with Crippen molar-refractivity contribution in [3.8, 4) is 5.75 Å². The van der Waals surface area contributed by atoms with E-state index in [1.54, 1.807) is 0 Å². The molecule has 2 aromatic rings. The maximum absolute atomic E-state index is 11.3. The highest BCUT2D eigenvalue weighted by Crippen LogP contribution is 2.50. The van der Waals surface area contributed by atoms with Crippen LogP contribution in [0.3, 0.4) is 0 Å². The van der Waals surface area contributed by atoms with E-state index in [2.05, 4.69) is 10.1 Å². The number of phenols is 1. The molecule has 0 amide bonds. The highest BCUT2D eigenvalue weighted by atomic mass is 35.5. The minimum absolute atomic E-state index is 0.123. The van der Waals surface area contributed by atoms with Gasteiger partial charge in [-0.15, -0.1) is 0 Å². The van der Waals surface area contributed by atoms with E-state index in [0.717, 1.165) is 0 Å². The van der Waals surface area contributed by atoms with Crippen LogP contribution < -0.4 is 0 Å². The Kier molecular flexibility index (Phi) is 4.05. The van der Waals surface area contributed by atoms with Crippen LogP contribution in [0.25, 0.3) is 0 Å². The minimum atomic E-state index is -1.86. The average molecular weight is 340 g/mol. The Morgan fingerprint density at radius 3 is 2.57 bits per heavy atom. The van der Waals surface area contributed by atoms with Crippen LogP contribution in [0.4, 0.5) is 0 Å². The van der Waals surface area contributed by atoms with Crippen LogP contribution >= 0.6 is 11.6 Å². The third kappa shape index (κ3) is 2.70. The summed E-state index contributed by atoms with van der Waals surface area (Å²) < 4.78 is 1.37. The molecular formula is C15H18ClN3O4. The maximum atomic E-state index is 11.3. The Bertz CT molecular complexity index is 692. The molecule has 0 saturated heterocycles. The maximum Gasteiger partial charge on any atom is 0.140 e. The number of phenolic OH excluding ortho intramolecular Hbond substituents is 1. The number of aliphatic hydroxyl groups is 3. The molecule has 3 rings (SSSR count). The van der Waals surface area contributed by atoms with Crippen molar-refractivity contribution in [3.63, 3.8) is 0 Å². The van der Waals surface area contributed by atoms with Gasteiger partial charge in [-0.05, 0) is 36.5 Å². The van der Waals surface area contributed by atoms with Gasteiger partial charge in [0, 0.05) is 0 Å². The molecular weight excluding hydrogens is 322 g/mol. The molecule has 1 aliphatic carbocycles. The van der Waals surface area contributed by atoms with Crippen LogP contribution in [0.15, 0.2) is 30.9 Å². The summed E-state index contributed by atoms with van der Waals surface area (Å²) in [5.74, 6) is -0.448. The van der Waals surface area contributed by atoms with Gasteiger partial charge < -0.3 is 20.4 Å². The van der Waals surface area contributed by atoms with E-state index in [1.807, 2.05) is 0 Å². The topological polar surface area (TPSA) is 112 Å². The zero-order valence-corrected chi connectivity index (χ0v) is 13.1. The monoisotopic (exact) mass is 339 g/mol. The number of nitrogens with zero attached hydrogens (tertiary/aromatic N) is 3. The van der Waals surface area contributed by atoms with Gasteiger partial charge in [-0.25, -0.2) is 9.67 Å². The number of aliphatic hydroxyl groups excluding tert-OH is 1. The van der Waals surface area contributed by atoms with Crippen molar-refractivity contribution in [1.29, 1.82) is 0 Å². The van der Waals surface area contributed by atoms with Gasteiger partial charge in [-0.2, -0.15) is 5.10 Å². The fraction of sp³-hybridized carbons (Fsp3) is 0.467. The number of rotatable bonds is 6. The zero-order chi connectivity index (χ0) is 16.7. The molecule has 7 nitrogen and oxygen atoms in total. The molecule has 1 fully saturated rings. The molecule has 1 aliphatic rings. The van der Waals surface area contributed by atoms with Gasteiger partial charge in [0.05, 0.1) is 18.2 Å². The smallest absolute Gasteiger partial charge is 0.140 e. The van der Waals surface area contributed by atoms with E-state index >= 15 is 0 Å². The third-order valence-corrected chi connectivity index (χ3v) is 4.81. The summed E-state index contributed by atoms with van der Waals surface area (Å²) >= 11 is 5.83. The van der Waals surface area contributed by atoms with Gasteiger partial charge in [-0.3, -0.25) is 0 Å². The first-order chi connectivity index (χ1) is 10.9. The predicted molar refractivity (Wildman–Crippen MR) is 81.8 cm³/mol. The molecule has 1 heterocycles. The van der Waals surface area contributed by atoms with Crippen molar-refractivity contribution < 1.29 is 20.4 Å². The van der Waals surface area contributed by atoms with Gasteiger partial charge in [-0.1, -0.05) is 17.7 Å². The lowest BCUT2D eigenvalue weighted by molar-refractivity contribution is -0.198. The Hall–Kier alpha value is -1.67. The van der Waals surface area contributed by atoms with E-state index in [4.69, 9.17) is 11.6 Å². The van der Waals surface area contributed by atoms with Crippen LogP contribution in [-0.2, 0) is 12.1 Å². The normalized spacial score (nSPS) is 20.0. The molecule has 2 unspecified atom stereocenters. The standard InChI is InChI=1S/C15H18ClN3O4/c16-12-4-3-11(5-13(12)21)14(22,6-19-9-17-8-18-19)15(23,7-20)10-1-2-10/h3-5,8-10,20-23H,1-2,6-7H2. The molecule has 124 valence electrons. The molecule has 1 saturated carbocycles. The summed E-state index contributed by atoms with van der Waals surface area (Å²) in [6, 6.07) is 4.24. The van der Waals surface area contributed by atoms with E-state index in [9.17, 15) is 20.4 Å². The molecule has 1 aromatic heterocycles. The molecule has 0 bridgehead atoms. The van der Waals surface area contributed by atoms with Gasteiger partial charge in [0.25, 0.3) is 0 Å². The van der Waals surface area contributed by atoms with Crippen LogP contribution in [0, 0.1) is 5.92 Å². The summed E-state index contributed by atoms with van der Waals surface area (Å²) in [4.78, 5) is 3.83. The number of aromatic hydroxyl groups is 1. The van der Waals surface area contributed by atoms with E-state index in [0.29, 0.717) is 12.8 Å². The number of benzene rings is 1. The molecule has 4 N–H and O–H groups in total. The van der Waals surface area contributed by atoms with Crippen molar-refractivity contribution in [2.75, 3.05) is 6.61 Å². The van der Waals surface area contributed by atoms with E-state index in [-0.39, 0.29) is 28.8 Å². The lowest BCUT2D eigenvalue weighted by Gasteiger charge is -2.43. The summed E-state index contributed by atoms with van der Waals surface area (Å²) in [6.45, 7) is -0.742. The first kappa shape index (κ1) is 16.2. The Labute approximate surface area is 137 Å². The molecule has 1 aromatic carbocycles. The van der Waals surface area contributed by atoms with Crippen LogP contribution in [-0.4, -0.2) is 47.4 Å². The van der Waals surface area contributed by atoms with Gasteiger partial charge in [0.2, 0.25) is 0 Å². The lowest BCUT2D eigenvalue weighted by Crippen LogP contribution is -2.58. The van der Waals surface area contributed by atoms with Gasteiger partial charge in [0.15, 0.2) is 0 Å². The summed E-state index contributed by atoms with van der Waals surface area (Å²) in [5.41, 5.74) is -3.38. The van der Waals surface area contributed by atoms with Crippen LogP contribution in [0.5, 0.6) is 5.75 Å². The average Bonchev–Trinajstić information content (AvgIpc) is 3.28. The quantitative estimate of drug-likeness (QED) is 0.615. The summed E-state index contributed by atoms with van der Waals surface area (Å²) in [5, 5.41) is 46.1. The molecule has 0 aliphatic heterocycles. The lowest BCUT2D eigenvalue weighted by atomic mass is 9.74. The number of halogens is 1. The zero-order valence-electron chi connectivity index (χ0n) is 12.3. The minimum Gasteiger partial charge on any atom is -0.506 e. The first-order valence-corrected chi connectivity index (χ1v) is 7.65. The number of hydrogen-bond acceptors (Lipinski definition) is 6. The van der Waals surface area contributed by atoms with Crippen LogP contribution in [0.1, 0.15) is 18.4 Å². The predicted octanol–water partition coefficient (Wildman–Crippen LogP) is 0.658. The Balaban J connectivity index is 2.10. The van der Waals surface area contributed by atoms with E-state index in [1.165, 1.54) is 35.5 Å². The summed E-state index contributed by atoms with van der Waals surface area (Å²) in [7, 11) is 0. The second-order valence-electron chi connectivity index (χ2n) is 5.98. The van der Waals surface area contributed by atoms with Crippen molar-refractivity contribution >= 4 is 11.6 Å². The van der Waals surface area contributed by atoms with Crippen molar-refractivity contribution in [2.45, 2.75) is 30.6 Å². The SMILES string of the molecule is OCC(O)(C1CC1)C(O)(Cn1cncn1)c1ccc(Cl)c(O)c1. The molecule has 0 radical (unpaired) electrons. The van der Waals surface area contributed by atoms with E-state index < -0.39 is 17.8 Å².